The number of piperazine rings is 1. The maximum atomic E-state index is 11.1. The number of ether oxygens (including phenoxy) is 1. The van der Waals surface area contributed by atoms with E-state index in [9.17, 15) is 14.7 Å². The Morgan fingerprint density at radius 3 is 2.14 bits per heavy atom. The van der Waals surface area contributed by atoms with E-state index in [0.717, 1.165) is 62.5 Å². The zero-order chi connectivity index (χ0) is 32.5. The van der Waals surface area contributed by atoms with Crippen LogP contribution in [0.2, 0.25) is 0 Å². The van der Waals surface area contributed by atoms with Gasteiger partial charge in [0.15, 0.2) is 6.29 Å². The molecule has 1 heterocycles. The molecule has 3 N–H and O–H groups in total. The molecule has 2 aromatic rings. The Bertz CT molecular complexity index is 1120. The van der Waals surface area contributed by atoms with Crippen LogP contribution in [0.5, 0.6) is 11.5 Å². The number of aldehydes is 1. The first kappa shape index (κ1) is 39.1. The standard InChI is InChI=1S/C16H24N2O4.C15H19NO.C2H6.C2H2/c19-10-1-4-17-5-7-18(8-6-17)9-11-22-15-2-3-16(21)14(12-15)13-20;1-4-13(14-8-6-5-7-9-14)11-15(16-3)10-12(2)17;2*1-2/h2-3,12-13,19,21H,1,4-11H2;4-9,11,16H,10H2,1-3H3;1-2H3;1-2H/b;13-4+,15-11+;;. The van der Waals surface area contributed by atoms with Gasteiger partial charge in [0, 0.05) is 65.0 Å². The van der Waals surface area contributed by atoms with Crippen LogP contribution in [0.4, 0.5) is 0 Å². The zero-order valence-corrected chi connectivity index (χ0v) is 26.6. The molecule has 0 bridgehead atoms. The quantitative estimate of drug-likeness (QED) is 0.169. The zero-order valence-electron chi connectivity index (χ0n) is 26.6. The summed E-state index contributed by atoms with van der Waals surface area (Å²) >= 11 is 0. The van der Waals surface area contributed by atoms with Crippen LogP contribution < -0.4 is 10.1 Å². The molecule has 8 nitrogen and oxygen atoms in total. The van der Waals surface area contributed by atoms with Crippen molar-refractivity contribution in [2.75, 3.05) is 59.5 Å². The van der Waals surface area contributed by atoms with E-state index in [0.29, 0.717) is 25.1 Å². The van der Waals surface area contributed by atoms with Gasteiger partial charge in [-0.05, 0) is 55.7 Å². The van der Waals surface area contributed by atoms with Crippen molar-refractivity contribution in [3.63, 3.8) is 0 Å². The van der Waals surface area contributed by atoms with Gasteiger partial charge in [0.25, 0.3) is 0 Å². The van der Waals surface area contributed by atoms with Crippen LogP contribution in [0.15, 0.2) is 66.4 Å². The lowest BCUT2D eigenvalue weighted by Crippen LogP contribution is -2.47. The van der Waals surface area contributed by atoms with E-state index < -0.39 is 0 Å². The molecule has 0 saturated carbocycles. The highest BCUT2D eigenvalue weighted by Gasteiger charge is 2.16. The fraction of sp³-hybridized carbons (Fsp3) is 0.429. The number of benzene rings is 2. The van der Waals surface area contributed by atoms with E-state index in [2.05, 4.69) is 40.1 Å². The van der Waals surface area contributed by atoms with E-state index in [1.807, 2.05) is 58.2 Å². The highest BCUT2D eigenvalue weighted by atomic mass is 16.5. The second-order valence-electron chi connectivity index (χ2n) is 9.36. The van der Waals surface area contributed by atoms with Gasteiger partial charge in [-0.1, -0.05) is 50.3 Å². The Morgan fingerprint density at radius 2 is 1.63 bits per heavy atom. The van der Waals surface area contributed by atoms with E-state index in [1.165, 1.54) is 6.07 Å². The summed E-state index contributed by atoms with van der Waals surface area (Å²) in [6.45, 7) is 14.3. The number of aliphatic hydroxyl groups excluding tert-OH is 1. The number of carbonyl (C=O) groups is 2. The molecule has 43 heavy (non-hydrogen) atoms. The minimum Gasteiger partial charge on any atom is -0.507 e. The van der Waals surface area contributed by atoms with Crippen molar-refractivity contribution in [1.82, 2.24) is 15.1 Å². The first-order valence-corrected chi connectivity index (χ1v) is 14.8. The number of allylic oxidation sites excluding steroid dienone is 4. The van der Waals surface area contributed by atoms with E-state index in [1.54, 1.807) is 19.1 Å². The summed E-state index contributed by atoms with van der Waals surface area (Å²) in [7, 11) is 1.84. The Balaban J connectivity index is 0.000000755. The number of rotatable bonds is 13. The Labute approximate surface area is 259 Å². The molecule has 1 fully saturated rings. The first-order chi connectivity index (χ1) is 20.9. The van der Waals surface area contributed by atoms with Gasteiger partial charge in [0.2, 0.25) is 0 Å². The monoisotopic (exact) mass is 593 g/mol. The predicted octanol–water partition coefficient (Wildman–Crippen LogP) is 5.03. The van der Waals surface area contributed by atoms with Gasteiger partial charge in [-0.2, -0.15) is 0 Å². The molecule has 0 amide bonds. The molecule has 0 spiro atoms. The summed E-state index contributed by atoms with van der Waals surface area (Å²) in [6.07, 6.45) is 14.0. The third-order valence-corrected chi connectivity index (χ3v) is 6.41. The summed E-state index contributed by atoms with van der Waals surface area (Å²) in [5.74, 6) is 0.733. The Kier molecular flexibility index (Phi) is 22.4. The van der Waals surface area contributed by atoms with Gasteiger partial charge in [-0.25, -0.2) is 0 Å². The van der Waals surface area contributed by atoms with Gasteiger partial charge in [0.1, 0.15) is 23.9 Å². The largest absolute Gasteiger partial charge is 0.507 e. The maximum Gasteiger partial charge on any atom is 0.153 e. The van der Waals surface area contributed by atoms with E-state index in [4.69, 9.17) is 9.84 Å². The van der Waals surface area contributed by atoms with Crippen LogP contribution in [0, 0.1) is 12.8 Å². The number of aliphatic hydroxyl groups is 1. The molecule has 3 rings (SSSR count). The van der Waals surface area contributed by atoms with Gasteiger partial charge in [-0.15, -0.1) is 12.8 Å². The Hall–Kier alpha value is -3.90. The smallest absolute Gasteiger partial charge is 0.153 e. The van der Waals surface area contributed by atoms with Gasteiger partial charge < -0.3 is 25.2 Å². The number of hydrogen-bond acceptors (Lipinski definition) is 8. The normalized spacial score (nSPS) is 13.6. The number of ketones is 1. The number of phenols is 1. The molecule has 236 valence electrons. The maximum absolute atomic E-state index is 11.1. The summed E-state index contributed by atoms with van der Waals surface area (Å²) in [5, 5.41) is 21.3. The summed E-state index contributed by atoms with van der Waals surface area (Å²) in [4.78, 5) is 26.6. The lowest BCUT2D eigenvalue weighted by Gasteiger charge is -2.34. The highest BCUT2D eigenvalue weighted by molar-refractivity contribution is 5.81. The minimum absolute atomic E-state index is 0.0265. The van der Waals surface area contributed by atoms with E-state index in [-0.39, 0.29) is 23.7 Å². The lowest BCUT2D eigenvalue weighted by molar-refractivity contribution is -0.116. The van der Waals surface area contributed by atoms with Crippen LogP contribution in [-0.4, -0.2) is 91.6 Å². The number of nitrogens with zero attached hydrogens (tertiary/aromatic N) is 2. The first-order valence-electron chi connectivity index (χ1n) is 14.8. The molecule has 0 aliphatic carbocycles. The van der Waals surface area contributed by atoms with E-state index >= 15 is 0 Å². The van der Waals surface area contributed by atoms with Gasteiger partial charge >= 0.3 is 0 Å². The molecule has 1 saturated heterocycles. The van der Waals surface area contributed by atoms with Crippen LogP contribution in [-0.2, 0) is 4.79 Å². The summed E-state index contributed by atoms with van der Waals surface area (Å²) < 4.78 is 5.64. The predicted molar refractivity (Wildman–Crippen MR) is 177 cm³/mol. The van der Waals surface area contributed by atoms with Crippen molar-refractivity contribution in [3.8, 4) is 24.3 Å². The second kappa shape index (κ2) is 24.7. The van der Waals surface area contributed by atoms with Gasteiger partial charge in [-0.3, -0.25) is 14.5 Å². The average Bonchev–Trinajstić information content (AvgIpc) is 3.05. The van der Waals surface area contributed by atoms with Crippen molar-refractivity contribution in [1.29, 1.82) is 0 Å². The molecule has 1 aliphatic rings. The topological polar surface area (TPSA) is 102 Å². The number of hydrogen-bond donors (Lipinski definition) is 3. The number of aromatic hydroxyl groups is 1. The Morgan fingerprint density at radius 1 is 1.02 bits per heavy atom. The van der Waals surface area contributed by atoms with Crippen molar-refractivity contribution < 1.29 is 24.5 Å². The SMILES string of the molecule is C#C.C/C=C(\C=C(/CC(C)=O)NC)c1ccccc1.CC.O=Cc1cc(OCCN2CCN(CCCO)CC2)ccc1O. The van der Waals surface area contributed by atoms with Crippen LogP contribution in [0.1, 0.15) is 56.5 Å². The van der Waals surface area contributed by atoms with Gasteiger partial charge in [0.05, 0.1) is 5.56 Å². The minimum atomic E-state index is -0.0265. The van der Waals surface area contributed by atoms with Crippen molar-refractivity contribution in [2.24, 2.45) is 0 Å². The third kappa shape index (κ3) is 16.4. The molecule has 2 aromatic carbocycles. The highest BCUT2D eigenvalue weighted by Crippen LogP contribution is 2.21. The number of terminal acetylenes is 1. The molecule has 1 aliphatic heterocycles. The summed E-state index contributed by atoms with van der Waals surface area (Å²) in [6, 6.07) is 14.8. The van der Waals surface area contributed by atoms with Crippen molar-refractivity contribution in [2.45, 2.75) is 40.5 Å². The number of Topliss-reactive ketones (excluding diaryl/α,β-unsaturated/α-hetero) is 1. The second-order valence-corrected chi connectivity index (χ2v) is 9.36. The molecule has 0 radical (unpaired) electrons. The average molecular weight is 594 g/mol. The number of nitrogens with one attached hydrogen (secondary N) is 1. The molecule has 8 heteroatoms. The van der Waals surface area contributed by atoms with Crippen LogP contribution in [0.25, 0.3) is 5.57 Å². The number of phenolic OH excluding ortho intramolecular Hbond substituents is 1. The molecule has 0 unspecified atom stereocenters. The third-order valence-electron chi connectivity index (χ3n) is 6.41. The molecule has 0 aromatic heterocycles. The fourth-order valence-corrected chi connectivity index (χ4v) is 4.17. The van der Waals surface area contributed by atoms with Crippen molar-refractivity contribution >= 4 is 17.6 Å². The van der Waals surface area contributed by atoms with Crippen molar-refractivity contribution in [3.05, 3.63) is 77.5 Å². The molecule has 0 atom stereocenters. The fourth-order valence-electron chi connectivity index (χ4n) is 4.17. The number of carbonyl (C=O) groups excluding carboxylic acids is 2. The molecular formula is C35H51N3O5. The lowest BCUT2D eigenvalue weighted by atomic mass is 10.0. The van der Waals surface area contributed by atoms with Crippen LogP contribution in [0.3, 0.4) is 0 Å². The summed E-state index contributed by atoms with van der Waals surface area (Å²) in [5.41, 5.74) is 3.46. The van der Waals surface area contributed by atoms with Crippen LogP contribution >= 0.6 is 0 Å². The molecular weight excluding hydrogens is 542 g/mol.